The van der Waals surface area contributed by atoms with Crippen LogP contribution in [-0.4, -0.2) is 46.9 Å². The number of likely N-dealkylation sites (N-methyl/N-ethyl adjacent to an activating group) is 1. The van der Waals surface area contributed by atoms with E-state index in [2.05, 4.69) is 10.6 Å². The molecule has 0 aromatic heterocycles. The number of alkyl carbamates (subject to hydrolysis) is 1. The Bertz CT molecular complexity index is 1180. The Morgan fingerprint density at radius 3 is 2.18 bits per heavy atom. The van der Waals surface area contributed by atoms with Gasteiger partial charge in [0.1, 0.15) is 17.7 Å². The van der Waals surface area contributed by atoms with E-state index in [1.165, 1.54) is 4.90 Å². The van der Waals surface area contributed by atoms with E-state index in [1.807, 2.05) is 45.0 Å². The number of carbonyl (C=O) groups excluding carboxylic acids is 4. The molecule has 0 spiro atoms. The van der Waals surface area contributed by atoms with Gasteiger partial charge in [-0.3, -0.25) is 14.4 Å². The van der Waals surface area contributed by atoms with Crippen LogP contribution >= 0.6 is 11.6 Å². The number of hydrogen-bond donors (Lipinski definition) is 3. The fourth-order valence-corrected chi connectivity index (χ4v) is 4.55. The van der Waals surface area contributed by atoms with Crippen LogP contribution < -0.4 is 16.4 Å². The van der Waals surface area contributed by atoms with Crippen molar-refractivity contribution in [1.29, 1.82) is 0 Å². The highest BCUT2D eigenvalue weighted by Crippen LogP contribution is 2.30. The zero-order chi connectivity index (χ0) is 29.5. The number of anilines is 1. The molecular weight excluding hydrogens is 520 g/mol. The second-order valence-corrected chi connectivity index (χ2v) is 11.0. The molecule has 212 valence electrons. The van der Waals surface area contributed by atoms with Crippen molar-refractivity contribution < 1.29 is 23.9 Å². The predicted molar refractivity (Wildman–Crippen MR) is 152 cm³/mol. The molecule has 0 saturated heterocycles. The maximum Gasteiger partial charge on any atom is 0.408 e. The minimum Gasteiger partial charge on any atom is -0.444 e. The van der Waals surface area contributed by atoms with Crippen LogP contribution in [0.1, 0.15) is 68.8 Å². The molecular formula is C29H39ClN4O5. The standard InChI is InChI=1S/C29H39ClN4O5/c1-8-34(27(37)22(12-13-23(31)35)32-28(38)39-29(5,6)7)25(20-15-17(2)14-18(3)16-20)26(36)33-24-19(4)10-9-11-21(24)30/h9-11,14-16,22,25H,8,12-13H2,1-7H3,(H2,31,35)(H,32,38)(H,33,36). The molecule has 4 amide bonds. The fourth-order valence-electron chi connectivity index (χ4n) is 4.28. The SMILES string of the molecule is CCN(C(=O)C(CCC(N)=O)NC(=O)OC(C)(C)C)C(C(=O)Nc1c(C)cccc1Cl)c1cc(C)cc(C)c1. The lowest BCUT2D eigenvalue weighted by Crippen LogP contribution is -2.52. The summed E-state index contributed by atoms with van der Waals surface area (Å²) in [7, 11) is 0. The quantitative estimate of drug-likeness (QED) is 0.379. The summed E-state index contributed by atoms with van der Waals surface area (Å²) in [6.45, 7) is 12.6. The Morgan fingerprint density at radius 2 is 1.67 bits per heavy atom. The average molecular weight is 559 g/mol. The van der Waals surface area contributed by atoms with Gasteiger partial charge in [-0.1, -0.05) is 53.1 Å². The summed E-state index contributed by atoms with van der Waals surface area (Å²) in [6, 6.07) is 8.70. The summed E-state index contributed by atoms with van der Waals surface area (Å²) in [6.07, 6.45) is -1.03. The molecule has 10 heteroatoms. The number of ether oxygens (including phenoxy) is 1. The van der Waals surface area contributed by atoms with Crippen LogP contribution in [0.25, 0.3) is 0 Å². The van der Waals surface area contributed by atoms with Gasteiger partial charge in [0.05, 0.1) is 10.7 Å². The van der Waals surface area contributed by atoms with Gasteiger partial charge < -0.3 is 26.0 Å². The van der Waals surface area contributed by atoms with Gasteiger partial charge in [-0.05, 0) is 72.1 Å². The first-order valence-corrected chi connectivity index (χ1v) is 13.2. The summed E-state index contributed by atoms with van der Waals surface area (Å²) in [4.78, 5) is 53.4. The Morgan fingerprint density at radius 1 is 1.05 bits per heavy atom. The van der Waals surface area contributed by atoms with Crippen LogP contribution in [0, 0.1) is 20.8 Å². The number of carbonyl (C=O) groups is 4. The summed E-state index contributed by atoms with van der Waals surface area (Å²) < 4.78 is 5.34. The van der Waals surface area contributed by atoms with Crippen molar-refractivity contribution in [3.63, 3.8) is 0 Å². The topological polar surface area (TPSA) is 131 Å². The van der Waals surface area contributed by atoms with Crippen LogP contribution in [0.4, 0.5) is 10.5 Å². The van der Waals surface area contributed by atoms with Gasteiger partial charge >= 0.3 is 6.09 Å². The number of amides is 4. The molecule has 0 saturated carbocycles. The summed E-state index contributed by atoms with van der Waals surface area (Å²) in [5.74, 6) is -1.66. The van der Waals surface area contributed by atoms with Gasteiger partial charge in [0.25, 0.3) is 5.91 Å². The number of primary amides is 1. The van der Waals surface area contributed by atoms with E-state index in [4.69, 9.17) is 22.1 Å². The van der Waals surface area contributed by atoms with Crippen LogP contribution in [0.5, 0.6) is 0 Å². The zero-order valence-electron chi connectivity index (χ0n) is 23.7. The molecule has 2 atom stereocenters. The van der Waals surface area contributed by atoms with Gasteiger partial charge in [0.15, 0.2) is 0 Å². The second kappa shape index (κ2) is 13.5. The number of benzene rings is 2. The Hall–Kier alpha value is -3.59. The summed E-state index contributed by atoms with van der Waals surface area (Å²) in [5.41, 5.74) is 8.16. The molecule has 0 aliphatic carbocycles. The minimum absolute atomic E-state index is 0.0608. The van der Waals surface area contributed by atoms with E-state index in [9.17, 15) is 19.2 Å². The molecule has 0 aliphatic heterocycles. The van der Waals surface area contributed by atoms with Crippen molar-refractivity contribution in [2.75, 3.05) is 11.9 Å². The van der Waals surface area contributed by atoms with Crippen molar-refractivity contribution in [2.45, 2.75) is 79.0 Å². The molecule has 39 heavy (non-hydrogen) atoms. The number of aryl methyl sites for hydroxylation is 3. The highest BCUT2D eigenvalue weighted by atomic mass is 35.5. The number of nitrogens with one attached hydrogen (secondary N) is 2. The van der Waals surface area contributed by atoms with Gasteiger partial charge in [-0.2, -0.15) is 0 Å². The van der Waals surface area contributed by atoms with E-state index in [-0.39, 0.29) is 19.4 Å². The van der Waals surface area contributed by atoms with Gasteiger partial charge in [-0.15, -0.1) is 0 Å². The first-order chi connectivity index (χ1) is 18.1. The number of hydrogen-bond acceptors (Lipinski definition) is 5. The summed E-state index contributed by atoms with van der Waals surface area (Å²) >= 11 is 6.38. The first-order valence-electron chi connectivity index (χ1n) is 12.9. The molecule has 0 fully saturated rings. The largest absolute Gasteiger partial charge is 0.444 e. The maximum atomic E-state index is 14.0. The van der Waals surface area contributed by atoms with Gasteiger partial charge in [-0.25, -0.2) is 4.79 Å². The lowest BCUT2D eigenvalue weighted by molar-refractivity contribution is -0.140. The maximum absolute atomic E-state index is 14.0. The van der Waals surface area contributed by atoms with Crippen LogP contribution in [-0.2, 0) is 19.1 Å². The fraction of sp³-hybridized carbons (Fsp3) is 0.448. The Balaban J connectivity index is 2.55. The van der Waals surface area contributed by atoms with E-state index in [0.29, 0.717) is 16.3 Å². The van der Waals surface area contributed by atoms with Crippen molar-refractivity contribution in [3.05, 3.63) is 63.7 Å². The molecule has 2 rings (SSSR count). The number of para-hydroxylation sites is 1. The van der Waals surface area contributed by atoms with Crippen LogP contribution in [0.3, 0.4) is 0 Å². The first kappa shape index (κ1) is 31.6. The molecule has 2 aromatic carbocycles. The van der Waals surface area contributed by atoms with Crippen molar-refractivity contribution in [3.8, 4) is 0 Å². The predicted octanol–water partition coefficient (Wildman–Crippen LogP) is 4.95. The smallest absolute Gasteiger partial charge is 0.408 e. The third-order valence-corrected chi connectivity index (χ3v) is 6.20. The zero-order valence-corrected chi connectivity index (χ0v) is 24.4. The molecule has 0 aliphatic rings. The number of nitrogens with zero attached hydrogens (tertiary/aromatic N) is 1. The van der Waals surface area contributed by atoms with Gasteiger partial charge in [0.2, 0.25) is 11.8 Å². The lowest BCUT2D eigenvalue weighted by Gasteiger charge is -2.34. The molecule has 2 aromatic rings. The van der Waals surface area contributed by atoms with Crippen LogP contribution in [0.2, 0.25) is 5.02 Å². The average Bonchev–Trinajstić information content (AvgIpc) is 2.80. The number of nitrogens with two attached hydrogens (primary N) is 1. The number of rotatable bonds is 10. The van der Waals surface area contributed by atoms with E-state index in [0.717, 1.165) is 16.7 Å². The van der Waals surface area contributed by atoms with E-state index >= 15 is 0 Å². The second-order valence-electron chi connectivity index (χ2n) is 10.6. The van der Waals surface area contributed by atoms with Crippen molar-refractivity contribution in [1.82, 2.24) is 10.2 Å². The summed E-state index contributed by atoms with van der Waals surface area (Å²) in [5, 5.41) is 5.83. The highest BCUT2D eigenvalue weighted by Gasteiger charge is 2.36. The molecule has 4 N–H and O–H groups in total. The lowest BCUT2D eigenvalue weighted by atomic mass is 9.97. The molecule has 0 radical (unpaired) electrons. The monoisotopic (exact) mass is 558 g/mol. The van der Waals surface area contributed by atoms with Crippen LogP contribution in [0.15, 0.2) is 36.4 Å². The minimum atomic E-state index is -1.16. The highest BCUT2D eigenvalue weighted by molar-refractivity contribution is 6.34. The van der Waals surface area contributed by atoms with Crippen molar-refractivity contribution in [2.24, 2.45) is 5.73 Å². The molecule has 0 heterocycles. The van der Waals surface area contributed by atoms with Crippen molar-refractivity contribution >= 4 is 41.1 Å². The van der Waals surface area contributed by atoms with E-state index < -0.39 is 41.5 Å². The Kier molecular flexibility index (Phi) is 10.9. The Labute approximate surface area is 235 Å². The molecule has 0 bridgehead atoms. The third-order valence-electron chi connectivity index (χ3n) is 5.88. The third kappa shape index (κ3) is 9.28. The van der Waals surface area contributed by atoms with Gasteiger partial charge in [0, 0.05) is 13.0 Å². The molecule has 9 nitrogen and oxygen atoms in total. The molecule has 2 unspecified atom stereocenters. The normalized spacial score (nSPS) is 12.7. The number of halogens is 1. The van der Waals surface area contributed by atoms with E-state index in [1.54, 1.807) is 39.8 Å².